The van der Waals surface area contributed by atoms with Gasteiger partial charge in [0, 0.05) is 24.3 Å². The fourth-order valence-electron chi connectivity index (χ4n) is 2.28. The number of anilines is 1. The summed E-state index contributed by atoms with van der Waals surface area (Å²) in [6, 6.07) is 5.86. The summed E-state index contributed by atoms with van der Waals surface area (Å²) in [6.07, 6.45) is 1.26. The molecule has 0 spiro atoms. The molecule has 7 heteroatoms. The number of benzene rings is 1. The van der Waals surface area contributed by atoms with Gasteiger partial charge in [0.1, 0.15) is 0 Å². The van der Waals surface area contributed by atoms with Crippen molar-refractivity contribution in [1.29, 1.82) is 0 Å². The highest BCUT2D eigenvalue weighted by Crippen LogP contribution is 2.18. The lowest BCUT2D eigenvalue weighted by Gasteiger charge is -2.30. The SMILES string of the molecule is NC(=O)c1ccc(NC(=O)N2CCC[C@@H](C(=O)O)C2)cc1. The summed E-state index contributed by atoms with van der Waals surface area (Å²) in [5, 5.41) is 11.7. The van der Waals surface area contributed by atoms with Gasteiger partial charge in [-0.25, -0.2) is 4.79 Å². The number of carboxylic acid groups (broad SMARTS) is 1. The highest BCUT2D eigenvalue weighted by atomic mass is 16.4. The summed E-state index contributed by atoms with van der Waals surface area (Å²) in [6.45, 7) is 0.746. The number of nitrogens with zero attached hydrogens (tertiary/aromatic N) is 1. The van der Waals surface area contributed by atoms with Crippen molar-refractivity contribution in [1.82, 2.24) is 4.90 Å². The van der Waals surface area contributed by atoms with Gasteiger partial charge in [-0.05, 0) is 37.1 Å². The minimum Gasteiger partial charge on any atom is -0.481 e. The number of carbonyl (C=O) groups excluding carboxylic acids is 2. The normalized spacial score (nSPS) is 18.1. The number of carboxylic acids is 1. The van der Waals surface area contributed by atoms with Crippen LogP contribution < -0.4 is 11.1 Å². The quantitative estimate of drug-likeness (QED) is 0.774. The number of amides is 3. The maximum Gasteiger partial charge on any atom is 0.321 e. The third-order valence-electron chi connectivity index (χ3n) is 3.48. The zero-order chi connectivity index (χ0) is 15.4. The van der Waals surface area contributed by atoms with Crippen molar-refractivity contribution < 1.29 is 19.5 Å². The second-order valence-corrected chi connectivity index (χ2v) is 5.00. The van der Waals surface area contributed by atoms with Gasteiger partial charge < -0.3 is 21.1 Å². The molecule has 1 aliphatic heterocycles. The van der Waals surface area contributed by atoms with Gasteiger partial charge in [0.15, 0.2) is 0 Å². The molecule has 4 N–H and O–H groups in total. The van der Waals surface area contributed by atoms with Crippen LogP contribution in [-0.2, 0) is 4.79 Å². The number of nitrogens with two attached hydrogens (primary N) is 1. The van der Waals surface area contributed by atoms with Crippen LogP contribution in [0.3, 0.4) is 0 Å². The summed E-state index contributed by atoms with van der Waals surface area (Å²) in [7, 11) is 0. The number of aliphatic carboxylic acids is 1. The van der Waals surface area contributed by atoms with E-state index in [1.165, 1.54) is 17.0 Å². The van der Waals surface area contributed by atoms with Crippen LogP contribution in [-0.4, -0.2) is 41.0 Å². The summed E-state index contributed by atoms with van der Waals surface area (Å²) in [5.74, 6) is -1.92. The lowest BCUT2D eigenvalue weighted by atomic mass is 9.99. The van der Waals surface area contributed by atoms with Crippen LogP contribution in [0.2, 0.25) is 0 Å². The van der Waals surface area contributed by atoms with Gasteiger partial charge in [0.05, 0.1) is 5.92 Å². The molecule has 0 unspecified atom stereocenters. The van der Waals surface area contributed by atoms with E-state index in [1.54, 1.807) is 12.1 Å². The second-order valence-electron chi connectivity index (χ2n) is 5.00. The minimum absolute atomic E-state index is 0.209. The molecule has 0 aliphatic carbocycles. The Bertz CT molecular complexity index is 556. The average molecular weight is 291 g/mol. The maximum absolute atomic E-state index is 12.1. The van der Waals surface area contributed by atoms with E-state index < -0.39 is 17.8 Å². The average Bonchev–Trinajstić information content (AvgIpc) is 2.48. The molecule has 0 saturated carbocycles. The first-order valence-electron chi connectivity index (χ1n) is 6.66. The van der Waals surface area contributed by atoms with Crippen molar-refractivity contribution in [2.75, 3.05) is 18.4 Å². The molecule has 1 aliphatic rings. The first-order chi connectivity index (χ1) is 9.97. The van der Waals surface area contributed by atoms with Gasteiger partial charge in [0.25, 0.3) is 0 Å². The van der Waals surface area contributed by atoms with Gasteiger partial charge in [0.2, 0.25) is 5.91 Å². The van der Waals surface area contributed by atoms with Crippen molar-refractivity contribution >= 4 is 23.6 Å². The molecule has 112 valence electrons. The van der Waals surface area contributed by atoms with Crippen LogP contribution in [0.5, 0.6) is 0 Å². The predicted molar refractivity (Wildman–Crippen MR) is 75.9 cm³/mol. The van der Waals surface area contributed by atoms with Crippen molar-refractivity contribution in [3.05, 3.63) is 29.8 Å². The topological polar surface area (TPSA) is 113 Å². The Morgan fingerprint density at radius 1 is 1.24 bits per heavy atom. The molecule has 1 atom stereocenters. The number of urea groups is 1. The maximum atomic E-state index is 12.1. The number of carbonyl (C=O) groups is 3. The molecule has 1 fully saturated rings. The Morgan fingerprint density at radius 2 is 1.90 bits per heavy atom. The standard InChI is InChI=1S/C14H17N3O4/c15-12(18)9-3-5-11(6-4-9)16-14(21)17-7-1-2-10(8-17)13(19)20/h3-6,10H,1-2,7-8H2,(H2,15,18)(H,16,21)(H,19,20)/t10-/m1/s1. The number of nitrogens with one attached hydrogen (secondary N) is 1. The van der Waals surface area contributed by atoms with Crippen molar-refractivity contribution in [2.24, 2.45) is 11.7 Å². The van der Waals surface area contributed by atoms with Crippen LogP contribution in [0.15, 0.2) is 24.3 Å². The largest absolute Gasteiger partial charge is 0.481 e. The van der Waals surface area contributed by atoms with Crippen molar-refractivity contribution in [3.8, 4) is 0 Å². The number of likely N-dealkylation sites (tertiary alicyclic amines) is 1. The molecule has 1 heterocycles. The van der Waals surface area contributed by atoms with E-state index in [4.69, 9.17) is 10.8 Å². The van der Waals surface area contributed by atoms with E-state index >= 15 is 0 Å². The van der Waals surface area contributed by atoms with Crippen molar-refractivity contribution in [3.63, 3.8) is 0 Å². The molecular weight excluding hydrogens is 274 g/mol. The Morgan fingerprint density at radius 3 is 2.48 bits per heavy atom. The monoisotopic (exact) mass is 291 g/mol. The Kier molecular flexibility index (Phi) is 4.42. The Hall–Kier alpha value is -2.57. The van der Waals surface area contributed by atoms with Crippen molar-refractivity contribution in [2.45, 2.75) is 12.8 Å². The summed E-state index contributed by atoms with van der Waals surface area (Å²) in [4.78, 5) is 35.5. The smallest absolute Gasteiger partial charge is 0.321 e. The number of piperidine rings is 1. The zero-order valence-electron chi connectivity index (χ0n) is 11.4. The first-order valence-corrected chi connectivity index (χ1v) is 6.66. The van der Waals surface area contributed by atoms with Gasteiger partial charge in [-0.2, -0.15) is 0 Å². The highest BCUT2D eigenvalue weighted by Gasteiger charge is 2.28. The molecule has 1 aromatic rings. The van der Waals surface area contributed by atoms with E-state index in [9.17, 15) is 14.4 Å². The summed E-state index contributed by atoms with van der Waals surface area (Å²) < 4.78 is 0. The molecule has 3 amide bonds. The third-order valence-corrected chi connectivity index (χ3v) is 3.48. The van der Waals surface area contributed by atoms with E-state index in [-0.39, 0.29) is 12.6 Å². The van der Waals surface area contributed by atoms with Gasteiger partial charge >= 0.3 is 12.0 Å². The third kappa shape index (κ3) is 3.71. The Balaban J connectivity index is 1.97. The number of primary amides is 1. The molecular formula is C14H17N3O4. The van der Waals surface area contributed by atoms with Gasteiger partial charge in [-0.3, -0.25) is 9.59 Å². The predicted octanol–water partition coefficient (Wildman–Crippen LogP) is 1.11. The molecule has 7 nitrogen and oxygen atoms in total. The van der Waals surface area contributed by atoms with Crippen LogP contribution in [0, 0.1) is 5.92 Å². The molecule has 0 radical (unpaired) electrons. The molecule has 0 bridgehead atoms. The number of hydrogen-bond donors (Lipinski definition) is 3. The summed E-state index contributed by atoms with van der Waals surface area (Å²) >= 11 is 0. The van der Waals surface area contributed by atoms with Crippen LogP contribution in [0.1, 0.15) is 23.2 Å². The molecule has 0 aromatic heterocycles. The van der Waals surface area contributed by atoms with Crippen LogP contribution in [0.4, 0.5) is 10.5 Å². The number of rotatable bonds is 3. The van der Waals surface area contributed by atoms with E-state index in [2.05, 4.69) is 5.32 Å². The fourth-order valence-corrected chi connectivity index (χ4v) is 2.28. The van der Waals surface area contributed by atoms with Gasteiger partial charge in [-0.15, -0.1) is 0 Å². The van der Waals surface area contributed by atoms with E-state index in [1.807, 2.05) is 0 Å². The molecule has 2 rings (SSSR count). The van der Waals surface area contributed by atoms with Gasteiger partial charge in [-0.1, -0.05) is 0 Å². The molecule has 1 saturated heterocycles. The molecule has 1 aromatic carbocycles. The first kappa shape index (κ1) is 14.8. The zero-order valence-corrected chi connectivity index (χ0v) is 11.4. The second kappa shape index (κ2) is 6.25. The van der Waals surface area contributed by atoms with E-state index in [0.717, 1.165) is 0 Å². The fraction of sp³-hybridized carbons (Fsp3) is 0.357. The van der Waals surface area contributed by atoms with E-state index in [0.29, 0.717) is 30.6 Å². The van der Waals surface area contributed by atoms with Crippen LogP contribution >= 0.6 is 0 Å². The Labute approximate surface area is 121 Å². The lowest BCUT2D eigenvalue weighted by Crippen LogP contribution is -2.44. The summed E-state index contributed by atoms with van der Waals surface area (Å²) in [5.41, 5.74) is 6.02. The highest BCUT2D eigenvalue weighted by molar-refractivity contribution is 5.94. The molecule has 21 heavy (non-hydrogen) atoms. The van der Waals surface area contributed by atoms with Crippen LogP contribution in [0.25, 0.3) is 0 Å². The number of hydrogen-bond acceptors (Lipinski definition) is 3. The minimum atomic E-state index is -0.877. The lowest BCUT2D eigenvalue weighted by molar-refractivity contribution is -0.143.